The highest BCUT2D eigenvalue weighted by atomic mass is 15.0. The third-order valence-corrected chi connectivity index (χ3v) is 3.38. The molecular formula is C17H16N2. The average molecular weight is 248 g/mol. The average Bonchev–Trinajstić information content (AvgIpc) is 3.02. The largest absolute Gasteiger partial charge is 0.306 e. The highest BCUT2D eigenvalue weighted by Gasteiger charge is 2.03. The molecule has 0 fully saturated rings. The molecule has 1 heterocycles. The Kier molecular flexibility index (Phi) is 3.15. The summed E-state index contributed by atoms with van der Waals surface area (Å²) in [5.74, 6) is 0. The van der Waals surface area contributed by atoms with Gasteiger partial charge in [0.15, 0.2) is 0 Å². The van der Waals surface area contributed by atoms with E-state index in [-0.39, 0.29) is 0 Å². The van der Waals surface area contributed by atoms with Crippen molar-refractivity contribution in [1.29, 1.82) is 0 Å². The molecule has 2 heteroatoms. The van der Waals surface area contributed by atoms with E-state index in [9.17, 15) is 0 Å². The van der Waals surface area contributed by atoms with E-state index in [1.54, 1.807) is 6.20 Å². The van der Waals surface area contributed by atoms with E-state index < -0.39 is 0 Å². The molecule has 0 aliphatic carbocycles. The molecule has 0 saturated carbocycles. The van der Waals surface area contributed by atoms with Crippen molar-refractivity contribution >= 4 is 0 Å². The van der Waals surface area contributed by atoms with Gasteiger partial charge >= 0.3 is 0 Å². The SMILES string of the molecule is CCc1ccccc1-c1ccc(-n2ccnc2)cc1. The van der Waals surface area contributed by atoms with E-state index in [0.717, 1.165) is 12.1 Å². The van der Waals surface area contributed by atoms with Gasteiger partial charge in [-0.1, -0.05) is 43.3 Å². The van der Waals surface area contributed by atoms with Gasteiger partial charge in [0.25, 0.3) is 0 Å². The van der Waals surface area contributed by atoms with Crippen LogP contribution in [-0.4, -0.2) is 9.55 Å². The van der Waals surface area contributed by atoms with Gasteiger partial charge in [-0.15, -0.1) is 0 Å². The van der Waals surface area contributed by atoms with Crippen LogP contribution in [0.5, 0.6) is 0 Å². The van der Waals surface area contributed by atoms with Crippen LogP contribution in [0.4, 0.5) is 0 Å². The molecular weight excluding hydrogens is 232 g/mol. The highest BCUT2D eigenvalue weighted by Crippen LogP contribution is 2.25. The molecule has 1 aromatic heterocycles. The standard InChI is InChI=1S/C17H16N2/c1-2-14-5-3-4-6-17(14)15-7-9-16(10-8-15)19-12-11-18-13-19/h3-13H,2H2,1H3. The molecule has 0 saturated heterocycles. The molecule has 94 valence electrons. The molecule has 0 radical (unpaired) electrons. The Hall–Kier alpha value is -2.35. The zero-order chi connectivity index (χ0) is 13.1. The minimum Gasteiger partial charge on any atom is -0.306 e. The number of hydrogen-bond donors (Lipinski definition) is 0. The third-order valence-electron chi connectivity index (χ3n) is 3.38. The number of hydrogen-bond acceptors (Lipinski definition) is 1. The lowest BCUT2D eigenvalue weighted by Gasteiger charge is -2.09. The van der Waals surface area contributed by atoms with Crippen LogP contribution in [0.25, 0.3) is 16.8 Å². The topological polar surface area (TPSA) is 17.8 Å². The second-order valence-electron chi connectivity index (χ2n) is 4.53. The molecule has 0 aliphatic heterocycles. The second kappa shape index (κ2) is 5.11. The monoisotopic (exact) mass is 248 g/mol. The lowest BCUT2D eigenvalue weighted by molar-refractivity contribution is 1.06. The summed E-state index contributed by atoms with van der Waals surface area (Å²) >= 11 is 0. The normalized spacial score (nSPS) is 10.6. The fourth-order valence-electron chi connectivity index (χ4n) is 2.34. The predicted molar refractivity (Wildman–Crippen MR) is 78.4 cm³/mol. The van der Waals surface area contributed by atoms with Crippen molar-refractivity contribution in [3.8, 4) is 16.8 Å². The van der Waals surface area contributed by atoms with Gasteiger partial charge < -0.3 is 4.57 Å². The Bertz CT molecular complexity index is 652. The van der Waals surface area contributed by atoms with E-state index >= 15 is 0 Å². The van der Waals surface area contributed by atoms with Crippen molar-refractivity contribution in [2.45, 2.75) is 13.3 Å². The molecule has 0 amide bonds. The number of nitrogens with zero attached hydrogens (tertiary/aromatic N) is 2. The first-order chi connectivity index (χ1) is 9.38. The van der Waals surface area contributed by atoms with Crippen LogP contribution in [0.3, 0.4) is 0 Å². The molecule has 0 N–H and O–H groups in total. The summed E-state index contributed by atoms with van der Waals surface area (Å²) < 4.78 is 2.01. The molecule has 2 aromatic carbocycles. The number of rotatable bonds is 3. The molecule has 2 nitrogen and oxygen atoms in total. The highest BCUT2D eigenvalue weighted by molar-refractivity contribution is 5.68. The van der Waals surface area contributed by atoms with E-state index in [2.05, 4.69) is 60.4 Å². The summed E-state index contributed by atoms with van der Waals surface area (Å²) in [6.45, 7) is 2.19. The number of benzene rings is 2. The Labute approximate surface area is 113 Å². The lowest BCUT2D eigenvalue weighted by Crippen LogP contribution is -1.91. The Morgan fingerprint density at radius 3 is 2.47 bits per heavy atom. The Morgan fingerprint density at radius 1 is 1.00 bits per heavy atom. The summed E-state index contributed by atoms with van der Waals surface area (Å²) in [6.07, 6.45) is 6.61. The van der Waals surface area contributed by atoms with Crippen LogP contribution in [-0.2, 0) is 6.42 Å². The smallest absolute Gasteiger partial charge is 0.0991 e. The van der Waals surface area contributed by atoms with Gasteiger partial charge in [0, 0.05) is 18.1 Å². The molecule has 19 heavy (non-hydrogen) atoms. The zero-order valence-corrected chi connectivity index (χ0v) is 11.0. The van der Waals surface area contributed by atoms with Gasteiger partial charge in [0.1, 0.15) is 0 Å². The number of aromatic nitrogens is 2. The predicted octanol–water partition coefficient (Wildman–Crippen LogP) is 4.10. The van der Waals surface area contributed by atoms with Gasteiger partial charge in [0.05, 0.1) is 6.33 Å². The van der Waals surface area contributed by atoms with Crippen molar-refractivity contribution in [3.05, 3.63) is 72.8 Å². The molecule has 3 aromatic rings. The zero-order valence-electron chi connectivity index (χ0n) is 11.0. The second-order valence-corrected chi connectivity index (χ2v) is 4.53. The quantitative estimate of drug-likeness (QED) is 0.682. The van der Waals surface area contributed by atoms with Gasteiger partial charge in [-0.05, 0) is 35.2 Å². The molecule has 0 bridgehead atoms. The maximum atomic E-state index is 4.07. The molecule has 0 spiro atoms. The van der Waals surface area contributed by atoms with E-state index in [1.165, 1.54) is 16.7 Å². The lowest BCUT2D eigenvalue weighted by atomic mass is 9.98. The first-order valence-corrected chi connectivity index (χ1v) is 6.55. The third kappa shape index (κ3) is 2.29. The van der Waals surface area contributed by atoms with Crippen LogP contribution in [0.2, 0.25) is 0 Å². The first kappa shape index (κ1) is 11.7. The minimum absolute atomic E-state index is 1.06. The minimum atomic E-state index is 1.06. The number of imidazole rings is 1. The van der Waals surface area contributed by atoms with Gasteiger partial charge in [-0.2, -0.15) is 0 Å². The first-order valence-electron chi connectivity index (χ1n) is 6.55. The van der Waals surface area contributed by atoms with E-state index in [4.69, 9.17) is 0 Å². The maximum Gasteiger partial charge on any atom is 0.0991 e. The summed E-state index contributed by atoms with van der Waals surface area (Å²) in [5, 5.41) is 0. The maximum absolute atomic E-state index is 4.07. The summed E-state index contributed by atoms with van der Waals surface area (Å²) in [7, 11) is 0. The molecule has 0 atom stereocenters. The van der Waals surface area contributed by atoms with E-state index in [1.807, 2.05) is 17.1 Å². The van der Waals surface area contributed by atoms with Gasteiger partial charge in [-0.25, -0.2) is 4.98 Å². The molecule has 0 aliphatic rings. The van der Waals surface area contributed by atoms with Crippen LogP contribution >= 0.6 is 0 Å². The number of aryl methyl sites for hydroxylation is 1. The summed E-state index contributed by atoms with van der Waals surface area (Å²) in [6, 6.07) is 17.2. The fraction of sp³-hybridized carbons (Fsp3) is 0.118. The summed E-state index contributed by atoms with van der Waals surface area (Å²) in [5.41, 5.74) is 5.11. The van der Waals surface area contributed by atoms with Crippen molar-refractivity contribution < 1.29 is 0 Å². The summed E-state index contributed by atoms with van der Waals surface area (Å²) in [4.78, 5) is 4.07. The molecule has 3 rings (SSSR count). The van der Waals surface area contributed by atoms with E-state index in [0.29, 0.717) is 0 Å². The van der Waals surface area contributed by atoms with Crippen molar-refractivity contribution in [2.24, 2.45) is 0 Å². The Balaban J connectivity index is 1.99. The van der Waals surface area contributed by atoms with Crippen LogP contribution in [0, 0.1) is 0 Å². The van der Waals surface area contributed by atoms with Gasteiger partial charge in [-0.3, -0.25) is 0 Å². The van der Waals surface area contributed by atoms with Crippen LogP contribution in [0.15, 0.2) is 67.3 Å². The van der Waals surface area contributed by atoms with Crippen molar-refractivity contribution in [1.82, 2.24) is 9.55 Å². The fourth-order valence-corrected chi connectivity index (χ4v) is 2.34. The van der Waals surface area contributed by atoms with Crippen LogP contribution < -0.4 is 0 Å². The van der Waals surface area contributed by atoms with Crippen molar-refractivity contribution in [2.75, 3.05) is 0 Å². The molecule has 0 unspecified atom stereocenters. The van der Waals surface area contributed by atoms with Crippen molar-refractivity contribution in [3.63, 3.8) is 0 Å². The van der Waals surface area contributed by atoms with Crippen LogP contribution in [0.1, 0.15) is 12.5 Å². The van der Waals surface area contributed by atoms with Gasteiger partial charge in [0.2, 0.25) is 0 Å². The Morgan fingerprint density at radius 2 is 1.79 bits per heavy atom.